The number of nitrogens with zero attached hydrogens (tertiary/aromatic N) is 1. The van der Waals surface area contributed by atoms with Crippen LogP contribution >= 0.6 is 0 Å². The smallest absolute Gasteiger partial charge is 0.254 e. The largest absolute Gasteiger partial charge is 0.349 e. The summed E-state index contributed by atoms with van der Waals surface area (Å²) in [6, 6.07) is 16.1. The van der Waals surface area contributed by atoms with Gasteiger partial charge in [-0.05, 0) is 50.3 Å². The van der Waals surface area contributed by atoms with E-state index in [2.05, 4.69) is 41.4 Å². The minimum Gasteiger partial charge on any atom is -0.349 e. The Bertz CT molecular complexity index is 790. The van der Waals surface area contributed by atoms with E-state index in [0.29, 0.717) is 12.1 Å². The van der Waals surface area contributed by atoms with Gasteiger partial charge < -0.3 is 5.32 Å². The minimum absolute atomic E-state index is 0.127. The zero-order chi connectivity index (χ0) is 18.8. The number of rotatable bonds is 4. The van der Waals surface area contributed by atoms with Crippen LogP contribution in [-0.2, 0) is 6.54 Å². The Morgan fingerprint density at radius 2 is 1.74 bits per heavy atom. The molecule has 4 rings (SSSR count). The summed E-state index contributed by atoms with van der Waals surface area (Å²) < 4.78 is 13.9. The highest BCUT2D eigenvalue weighted by atomic mass is 19.1. The lowest BCUT2D eigenvalue weighted by molar-refractivity contribution is 0.0176. The quantitative estimate of drug-likeness (QED) is 0.867. The molecule has 2 aromatic carbocycles. The highest BCUT2D eigenvalue weighted by molar-refractivity contribution is 5.94. The third-order valence-electron chi connectivity index (χ3n) is 6.07. The van der Waals surface area contributed by atoms with Crippen molar-refractivity contribution >= 4 is 5.91 Å². The number of halogens is 1. The first-order valence-electron chi connectivity index (χ1n) is 9.97. The minimum atomic E-state index is -0.452. The number of aryl methyl sites for hydroxylation is 1. The summed E-state index contributed by atoms with van der Waals surface area (Å²) in [6.45, 7) is 3.09. The summed E-state index contributed by atoms with van der Waals surface area (Å²) in [5.41, 5.74) is 2.78. The van der Waals surface area contributed by atoms with Crippen molar-refractivity contribution in [2.45, 2.75) is 63.7 Å². The lowest BCUT2D eigenvalue weighted by Crippen LogP contribution is -2.56. The summed E-state index contributed by atoms with van der Waals surface area (Å²) in [7, 11) is 0. The third kappa shape index (κ3) is 4.06. The van der Waals surface area contributed by atoms with Gasteiger partial charge in [0.05, 0.1) is 5.56 Å². The topological polar surface area (TPSA) is 32.3 Å². The molecule has 4 heteroatoms. The summed E-state index contributed by atoms with van der Waals surface area (Å²) in [5.74, 6) is -0.741. The van der Waals surface area contributed by atoms with E-state index in [4.69, 9.17) is 0 Å². The monoisotopic (exact) mass is 366 g/mol. The zero-order valence-electron chi connectivity index (χ0n) is 15.8. The molecule has 1 amide bonds. The number of benzene rings is 2. The standard InChI is InChI=1S/C23H27FN2O/c1-16-9-11-17(12-10-16)15-26-19-5-4-6-20(26)14-18(13-19)25-23(27)21-7-2-3-8-22(21)24/h2-3,7-12,18-20H,4-6,13-15H2,1H3,(H,25,27)/t18?,19-,20+. The Kier molecular flexibility index (Phi) is 5.26. The Hall–Kier alpha value is -2.20. The molecule has 2 bridgehead atoms. The molecule has 142 valence electrons. The van der Waals surface area contributed by atoms with Crippen LogP contribution in [-0.4, -0.2) is 28.9 Å². The van der Waals surface area contributed by atoms with E-state index in [1.54, 1.807) is 18.2 Å². The van der Waals surface area contributed by atoms with Crippen LogP contribution in [0.3, 0.4) is 0 Å². The van der Waals surface area contributed by atoms with E-state index in [1.165, 1.54) is 36.5 Å². The maximum Gasteiger partial charge on any atom is 0.254 e. The first kappa shape index (κ1) is 18.2. The van der Waals surface area contributed by atoms with Crippen LogP contribution in [0.15, 0.2) is 48.5 Å². The fraction of sp³-hybridized carbons (Fsp3) is 0.435. The van der Waals surface area contributed by atoms with Crippen molar-refractivity contribution in [2.75, 3.05) is 0 Å². The van der Waals surface area contributed by atoms with Gasteiger partial charge in [-0.15, -0.1) is 0 Å². The fourth-order valence-electron chi connectivity index (χ4n) is 4.67. The van der Waals surface area contributed by atoms with E-state index >= 15 is 0 Å². The second kappa shape index (κ2) is 7.81. The molecule has 2 aliphatic heterocycles. The normalized spacial score (nSPS) is 25.2. The van der Waals surface area contributed by atoms with Gasteiger partial charge in [-0.1, -0.05) is 48.4 Å². The average Bonchev–Trinajstić information content (AvgIpc) is 2.64. The van der Waals surface area contributed by atoms with Crippen LogP contribution in [0.25, 0.3) is 0 Å². The first-order valence-corrected chi connectivity index (χ1v) is 9.97. The number of nitrogens with one attached hydrogen (secondary N) is 1. The van der Waals surface area contributed by atoms with Crippen molar-refractivity contribution in [1.82, 2.24) is 10.2 Å². The second-order valence-corrected chi connectivity index (χ2v) is 8.02. The molecule has 2 heterocycles. The Morgan fingerprint density at radius 3 is 2.41 bits per heavy atom. The van der Waals surface area contributed by atoms with E-state index in [0.717, 1.165) is 19.4 Å². The van der Waals surface area contributed by atoms with Crippen molar-refractivity contribution in [1.29, 1.82) is 0 Å². The molecular formula is C23H27FN2O. The van der Waals surface area contributed by atoms with Gasteiger partial charge in [0.15, 0.2) is 0 Å². The Labute approximate surface area is 160 Å². The fourth-order valence-corrected chi connectivity index (χ4v) is 4.67. The van der Waals surface area contributed by atoms with Crippen LogP contribution in [0.4, 0.5) is 4.39 Å². The predicted octanol–water partition coefficient (Wildman–Crippen LogP) is 4.45. The molecule has 2 saturated heterocycles. The lowest BCUT2D eigenvalue weighted by Gasteiger charge is -2.49. The molecule has 3 atom stereocenters. The molecule has 2 aliphatic rings. The van der Waals surface area contributed by atoms with Crippen LogP contribution in [0.1, 0.15) is 53.6 Å². The highest BCUT2D eigenvalue weighted by Crippen LogP contribution is 2.35. The van der Waals surface area contributed by atoms with Crippen molar-refractivity contribution in [3.8, 4) is 0 Å². The maximum absolute atomic E-state index is 13.9. The van der Waals surface area contributed by atoms with Gasteiger partial charge in [0.25, 0.3) is 5.91 Å². The number of carbonyl (C=O) groups is 1. The van der Waals surface area contributed by atoms with Crippen LogP contribution in [0, 0.1) is 12.7 Å². The molecule has 2 aromatic rings. The van der Waals surface area contributed by atoms with E-state index in [9.17, 15) is 9.18 Å². The van der Waals surface area contributed by atoms with Gasteiger partial charge in [0.1, 0.15) is 5.82 Å². The number of hydrogen-bond acceptors (Lipinski definition) is 2. The molecule has 0 aliphatic carbocycles. The van der Waals surface area contributed by atoms with Crippen molar-refractivity contribution in [3.63, 3.8) is 0 Å². The average molecular weight is 366 g/mol. The predicted molar refractivity (Wildman–Crippen MR) is 105 cm³/mol. The molecule has 0 saturated carbocycles. The number of piperidine rings is 2. The van der Waals surface area contributed by atoms with Crippen LogP contribution in [0.2, 0.25) is 0 Å². The summed E-state index contributed by atoms with van der Waals surface area (Å²) in [5, 5.41) is 3.09. The summed E-state index contributed by atoms with van der Waals surface area (Å²) in [6.07, 6.45) is 5.50. The van der Waals surface area contributed by atoms with Gasteiger partial charge in [-0.3, -0.25) is 9.69 Å². The van der Waals surface area contributed by atoms with Gasteiger partial charge in [0.2, 0.25) is 0 Å². The second-order valence-electron chi connectivity index (χ2n) is 8.02. The third-order valence-corrected chi connectivity index (χ3v) is 6.07. The van der Waals surface area contributed by atoms with Gasteiger partial charge in [-0.25, -0.2) is 4.39 Å². The molecule has 2 fully saturated rings. The van der Waals surface area contributed by atoms with E-state index < -0.39 is 5.82 Å². The summed E-state index contributed by atoms with van der Waals surface area (Å²) in [4.78, 5) is 15.1. The van der Waals surface area contributed by atoms with E-state index in [1.807, 2.05) is 0 Å². The molecule has 27 heavy (non-hydrogen) atoms. The van der Waals surface area contributed by atoms with E-state index in [-0.39, 0.29) is 17.5 Å². The number of carbonyl (C=O) groups excluding carboxylic acids is 1. The van der Waals surface area contributed by atoms with Crippen LogP contribution in [0.5, 0.6) is 0 Å². The molecular weight excluding hydrogens is 339 g/mol. The molecule has 0 aromatic heterocycles. The Balaban J connectivity index is 1.42. The van der Waals surface area contributed by atoms with Crippen molar-refractivity contribution in [2.24, 2.45) is 0 Å². The molecule has 1 N–H and O–H groups in total. The molecule has 1 unspecified atom stereocenters. The number of hydrogen-bond donors (Lipinski definition) is 1. The molecule has 0 radical (unpaired) electrons. The highest BCUT2D eigenvalue weighted by Gasteiger charge is 2.38. The lowest BCUT2D eigenvalue weighted by atomic mass is 9.81. The van der Waals surface area contributed by atoms with Crippen molar-refractivity contribution in [3.05, 3.63) is 71.0 Å². The number of amides is 1. The zero-order valence-corrected chi connectivity index (χ0v) is 15.8. The van der Waals surface area contributed by atoms with Crippen molar-refractivity contribution < 1.29 is 9.18 Å². The SMILES string of the molecule is Cc1ccc(CN2[C@@H]3CCC[C@H]2CC(NC(=O)c2ccccc2F)C3)cc1. The van der Waals surface area contributed by atoms with Gasteiger partial charge >= 0.3 is 0 Å². The van der Waals surface area contributed by atoms with Gasteiger partial charge in [0, 0.05) is 24.7 Å². The van der Waals surface area contributed by atoms with Crippen LogP contribution < -0.4 is 5.32 Å². The first-order chi connectivity index (χ1) is 13.1. The molecule has 3 nitrogen and oxygen atoms in total. The van der Waals surface area contributed by atoms with Gasteiger partial charge in [-0.2, -0.15) is 0 Å². The Morgan fingerprint density at radius 1 is 1.07 bits per heavy atom. The summed E-state index contributed by atoms with van der Waals surface area (Å²) >= 11 is 0. The number of fused-ring (bicyclic) bond motifs is 2. The maximum atomic E-state index is 13.9. The molecule has 0 spiro atoms.